The number of carbonyl (C=O) groups excluding carboxylic acids is 1. The molecule has 1 amide bonds. The van der Waals surface area contributed by atoms with Gasteiger partial charge in [-0.05, 0) is 29.9 Å². The van der Waals surface area contributed by atoms with E-state index in [9.17, 15) is 9.59 Å². The van der Waals surface area contributed by atoms with E-state index in [1.807, 2.05) is 53.1 Å². The number of H-pyrrole nitrogens is 1. The van der Waals surface area contributed by atoms with Gasteiger partial charge >= 0.3 is 0 Å². The van der Waals surface area contributed by atoms with Crippen LogP contribution in [0.1, 0.15) is 30.0 Å². The molecule has 8 nitrogen and oxygen atoms in total. The topological polar surface area (TPSA) is 102 Å². The molecule has 1 saturated carbocycles. The molecule has 0 aliphatic heterocycles. The van der Waals surface area contributed by atoms with Crippen LogP contribution in [0.2, 0.25) is 0 Å². The van der Waals surface area contributed by atoms with Crippen LogP contribution in [0.5, 0.6) is 0 Å². The number of amides is 1. The van der Waals surface area contributed by atoms with Crippen LogP contribution >= 0.6 is 0 Å². The van der Waals surface area contributed by atoms with Crippen molar-refractivity contribution in [2.75, 3.05) is 11.9 Å². The lowest BCUT2D eigenvalue weighted by atomic mass is 9.80. The Balaban J connectivity index is 1.21. The summed E-state index contributed by atoms with van der Waals surface area (Å²) >= 11 is 0. The number of anilines is 1. The summed E-state index contributed by atoms with van der Waals surface area (Å²) in [6.45, 7) is 1.31. The van der Waals surface area contributed by atoms with Crippen molar-refractivity contribution in [1.29, 1.82) is 0 Å². The molecule has 0 unspecified atom stereocenters. The molecule has 5 rings (SSSR count). The van der Waals surface area contributed by atoms with Crippen LogP contribution in [-0.2, 0) is 22.6 Å². The molecule has 168 valence electrons. The van der Waals surface area contributed by atoms with Gasteiger partial charge in [-0.15, -0.1) is 0 Å². The Labute approximate surface area is 190 Å². The minimum absolute atomic E-state index is 0.136. The standard InChI is InChI=1S/C25H25N5O3/c31-21(13-17-7-3-1-4-8-17)27-25-28-23-22(24(32)29-25)26-16-30(23)20-11-19(12-20)15-33-14-18-9-5-2-6-10-18/h1-10,16,19-20H,11-15H2,(H2,27,28,29,31,32). The van der Waals surface area contributed by atoms with E-state index in [1.54, 1.807) is 6.33 Å². The second kappa shape index (κ2) is 9.38. The first-order valence-corrected chi connectivity index (χ1v) is 11.1. The Morgan fingerprint density at radius 2 is 1.76 bits per heavy atom. The lowest BCUT2D eigenvalue weighted by Crippen LogP contribution is -2.30. The van der Waals surface area contributed by atoms with Gasteiger partial charge in [-0.25, -0.2) is 4.98 Å². The van der Waals surface area contributed by atoms with Crippen molar-refractivity contribution in [2.24, 2.45) is 5.92 Å². The van der Waals surface area contributed by atoms with Gasteiger partial charge in [-0.1, -0.05) is 60.7 Å². The maximum atomic E-state index is 12.5. The average Bonchev–Trinajstić information content (AvgIpc) is 3.20. The van der Waals surface area contributed by atoms with Crippen LogP contribution in [0.3, 0.4) is 0 Å². The Hall–Kier alpha value is -3.78. The molecule has 4 aromatic rings. The summed E-state index contributed by atoms with van der Waals surface area (Å²) in [5.74, 6) is 0.356. The average molecular weight is 444 g/mol. The van der Waals surface area contributed by atoms with Gasteiger partial charge in [0.15, 0.2) is 11.2 Å². The van der Waals surface area contributed by atoms with Crippen LogP contribution in [0.15, 0.2) is 71.8 Å². The molecule has 2 aromatic heterocycles. The number of nitrogens with zero attached hydrogens (tertiary/aromatic N) is 3. The van der Waals surface area contributed by atoms with Gasteiger partial charge in [0, 0.05) is 12.6 Å². The van der Waals surface area contributed by atoms with Crippen LogP contribution in [-0.4, -0.2) is 32.0 Å². The fourth-order valence-electron chi connectivity index (χ4n) is 4.19. The van der Waals surface area contributed by atoms with Crippen molar-refractivity contribution in [3.8, 4) is 0 Å². The molecule has 33 heavy (non-hydrogen) atoms. The number of nitrogens with one attached hydrogen (secondary N) is 2. The van der Waals surface area contributed by atoms with E-state index >= 15 is 0 Å². The summed E-state index contributed by atoms with van der Waals surface area (Å²) in [5, 5.41) is 2.70. The molecule has 0 saturated heterocycles. The summed E-state index contributed by atoms with van der Waals surface area (Å²) in [6, 6.07) is 19.8. The predicted octanol–water partition coefficient (Wildman–Crippen LogP) is 3.47. The molecule has 0 radical (unpaired) electrons. The van der Waals surface area contributed by atoms with Gasteiger partial charge in [-0.2, -0.15) is 4.98 Å². The van der Waals surface area contributed by atoms with Gasteiger partial charge in [0.25, 0.3) is 5.56 Å². The van der Waals surface area contributed by atoms with Gasteiger partial charge < -0.3 is 9.30 Å². The highest BCUT2D eigenvalue weighted by molar-refractivity contribution is 5.91. The number of rotatable bonds is 8. The van der Waals surface area contributed by atoms with Crippen molar-refractivity contribution in [3.63, 3.8) is 0 Å². The zero-order valence-corrected chi connectivity index (χ0v) is 18.1. The molecule has 0 atom stereocenters. The Kier molecular flexibility index (Phi) is 5.99. The monoisotopic (exact) mass is 443 g/mol. The largest absolute Gasteiger partial charge is 0.376 e. The van der Waals surface area contributed by atoms with E-state index in [4.69, 9.17) is 4.74 Å². The smallest absolute Gasteiger partial charge is 0.280 e. The number of hydrogen-bond donors (Lipinski definition) is 2. The van der Waals surface area contributed by atoms with E-state index in [0.29, 0.717) is 24.8 Å². The number of ether oxygens (including phenoxy) is 1. The van der Waals surface area contributed by atoms with Crippen molar-refractivity contribution in [2.45, 2.75) is 31.9 Å². The van der Waals surface area contributed by atoms with Crippen molar-refractivity contribution in [1.82, 2.24) is 19.5 Å². The molecule has 0 bridgehead atoms. The van der Waals surface area contributed by atoms with Crippen molar-refractivity contribution in [3.05, 3.63) is 88.5 Å². The Bertz CT molecular complexity index is 1290. The molecule has 8 heteroatoms. The molecule has 1 fully saturated rings. The van der Waals surface area contributed by atoms with Crippen LogP contribution in [0, 0.1) is 5.92 Å². The number of aromatic nitrogens is 4. The van der Waals surface area contributed by atoms with E-state index in [0.717, 1.165) is 18.4 Å². The fraction of sp³-hybridized carbons (Fsp3) is 0.280. The van der Waals surface area contributed by atoms with Crippen molar-refractivity contribution < 1.29 is 9.53 Å². The first-order valence-electron chi connectivity index (χ1n) is 11.1. The lowest BCUT2D eigenvalue weighted by molar-refractivity contribution is -0.115. The zero-order valence-electron chi connectivity index (χ0n) is 18.1. The normalized spacial score (nSPS) is 17.6. The number of aromatic amines is 1. The molecule has 2 heterocycles. The van der Waals surface area contributed by atoms with E-state index in [2.05, 4.69) is 32.4 Å². The quantitative estimate of drug-likeness (QED) is 0.434. The van der Waals surface area contributed by atoms with Crippen LogP contribution in [0.4, 0.5) is 5.95 Å². The first kappa shape index (κ1) is 21.1. The summed E-state index contributed by atoms with van der Waals surface area (Å²) in [7, 11) is 0. The van der Waals surface area contributed by atoms with E-state index < -0.39 is 0 Å². The van der Waals surface area contributed by atoms with Crippen LogP contribution < -0.4 is 10.9 Å². The number of hydrogen-bond acceptors (Lipinski definition) is 5. The number of imidazole rings is 1. The number of fused-ring (bicyclic) bond motifs is 1. The second-order valence-electron chi connectivity index (χ2n) is 8.44. The molecule has 1 aliphatic rings. The number of benzene rings is 2. The third-order valence-electron chi connectivity index (χ3n) is 5.97. The van der Waals surface area contributed by atoms with Crippen LogP contribution in [0.25, 0.3) is 11.2 Å². The molecular formula is C25H25N5O3. The Morgan fingerprint density at radius 3 is 2.48 bits per heavy atom. The maximum absolute atomic E-state index is 12.5. The minimum Gasteiger partial charge on any atom is -0.376 e. The number of carbonyl (C=O) groups is 1. The van der Waals surface area contributed by atoms with E-state index in [1.165, 1.54) is 5.56 Å². The zero-order chi connectivity index (χ0) is 22.6. The summed E-state index contributed by atoms with van der Waals surface area (Å²) < 4.78 is 7.80. The highest BCUT2D eigenvalue weighted by Gasteiger charge is 2.32. The summed E-state index contributed by atoms with van der Waals surface area (Å²) in [4.78, 5) is 36.2. The molecule has 2 aromatic carbocycles. The van der Waals surface area contributed by atoms with E-state index in [-0.39, 0.29) is 35.4 Å². The first-order chi connectivity index (χ1) is 16.2. The molecule has 1 aliphatic carbocycles. The Morgan fingerprint density at radius 1 is 1.06 bits per heavy atom. The molecule has 0 spiro atoms. The lowest BCUT2D eigenvalue weighted by Gasteiger charge is -2.36. The highest BCUT2D eigenvalue weighted by atomic mass is 16.5. The fourth-order valence-corrected chi connectivity index (χ4v) is 4.19. The van der Waals surface area contributed by atoms with Gasteiger partial charge in [-0.3, -0.25) is 19.9 Å². The SMILES string of the molecule is O=C(Cc1ccccc1)Nc1nc2c(ncn2C2CC(COCc3ccccc3)C2)c(=O)[nH]1. The van der Waals surface area contributed by atoms with Gasteiger partial charge in [0.1, 0.15) is 0 Å². The third kappa shape index (κ3) is 4.85. The maximum Gasteiger partial charge on any atom is 0.280 e. The third-order valence-corrected chi connectivity index (χ3v) is 5.97. The molecule has 2 N–H and O–H groups in total. The minimum atomic E-state index is -0.365. The summed E-state index contributed by atoms with van der Waals surface area (Å²) in [6.07, 6.45) is 3.73. The summed E-state index contributed by atoms with van der Waals surface area (Å²) in [5.41, 5.74) is 2.45. The van der Waals surface area contributed by atoms with Gasteiger partial charge in [0.05, 0.1) is 19.4 Å². The van der Waals surface area contributed by atoms with Crippen molar-refractivity contribution >= 4 is 23.0 Å². The predicted molar refractivity (Wildman–Crippen MR) is 125 cm³/mol. The molecular weight excluding hydrogens is 418 g/mol. The second-order valence-corrected chi connectivity index (χ2v) is 8.44. The highest BCUT2D eigenvalue weighted by Crippen LogP contribution is 2.39. The van der Waals surface area contributed by atoms with Gasteiger partial charge in [0.2, 0.25) is 11.9 Å².